The molecule has 0 aliphatic carbocycles. The number of halogens is 4. The van der Waals surface area contributed by atoms with Crippen molar-refractivity contribution in [1.29, 1.82) is 0 Å². The molecule has 0 fully saturated rings. The van der Waals surface area contributed by atoms with Gasteiger partial charge in [-0.15, -0.1) is 0 Å². The number of aliphatic carboxylic acids is 1. The summed E-state index contributed by atoms with van der Waals surface area (Å²) in [5.74, 6) is -9.65. The molecule has 0 saturated heterocycles. The number of sulfonamides is 1. The van der Waals surface area contributed by atoms with E-state index in [9.17, 15) is 30.8 Å². The molecule has 0 aliphatic rings. The molecule has 1 aromatic rings. The van der Waals surface area contributed by atoms with E-state index < -0.39 is 50.2 Å². The van der Waals surface area contributed by atoms with Crippen molar-refractivity contribution >= 4 is 16.0 Å². The first-order valence-electron chi connectivity index (χ1n) is 5.05. The van der Waals surface area contributed by atoms with Gasteiger partial charge in [0, 0.05) is 13.1 Å². The molecule has 0 aromatic heterocycles. The van der Waals surface area contributed by atoms with Gasteiger partial charge in [0.25, 0.3) is 0 Å². The van der Waals surface area contributed by atoms with Crippen LogP contribution < -0.4 is 0 Å². The highest BCUT2D eigenvalue weighted by Crippen LogP contribution is 2.26. The number of carboxylic acids is 1. The lowest BCUT2D eigenvalue weighted by molar-refractivity contribution is -0.140. The minimum Gasteiger partial charge on any atom is -0.480 e. The van der Waals surface area contributed by atoms with Gasteiger partial charge in [0.15, 0.2) is 28.2 Å². The quantitative estimate of drug-likeness (QED) is 0.672. The van der Waals surface area contributed by atoms with Crippen LogP contribution in [0, 0.1) is 23.3 Å². The molecule has 5 nitrogen and oxygen atoms in total. The Morgan fingerprint density at radius 2 is 1.60 bits per heavy atom. The average molecular weight is 315 g/mol. The number of carbonyl (C=O) groups is 1. The summed E-state index contributed by atoms with van der Waals surface area (Å²) in [6, 6.07) is -1.84. The molecule has 0 bridgehead atoms. The van der Waals surface area contributed by atoms with Crippen LogP contribution in [0.3, 0.4) is 0 Å². The van der Waals surface area contributed by atoms with Crippen molar-refractivity contribution in [2.75, 3.05) is 7.05 Å². The van der Waals surface area contributed by atoms with Gasteiger partial charge in [0.05, 0.1) is 0 Å². The minimum absolute atomic E-state index is 0.0930. The van der Waals surface area contributed by atoms with Gasteiger partial charge in [-0.1, -0.05) is 0 Å². The second kappa shape index (κ2) is 5.37. The van der Waals surface area contributed by atoms with Crippen LogP contribution in [0.2, 0.25) is 0 Å². The molecule has 0 heterocycles. The molecule has 1 atom stereocenters. The van der Waals surface area contributed by atoms with E-state index in [0.717, 1.165) is 14.0 Å². The van der Waals surface area contributed by atoms with Crippen LogP contribution in [0.5, 0.6) is 0 Å². The zero-order valence-electron chi connectivity index (χ0n) is 10.2. The fourth-order valence-electron chi connectivity index (χ4n) is 1.29. The lowest BCUT2D eigenvalue weighted by Gasteiger charge is -2.21. The molecule has 1 unspecified atom stereocenters. The largest absolute Gasteiger partial charge is 0.480 e. The normalized spacial score (nSPS) is 13.6. The first-order valence-corrected chi connectivity index (χ1v) is 6.49. The third kappa shape index (κ3) is 2.61. The lowest BCUT2D eigenvalue weighted by Crippen LogP contribution is -2.41. The number of carboxylic acid groups (broad SMARTS) is 1. The van der Waals surface area contributed by atoms with Crippen LogP contribution in [0.25, 0.3) is 0 Å². The van der Waals surface area contributed by atoms with E-state index in [0.29, 0.717) is 0 Å². The smallest absolute Gasteiger partial charge is 0.321 e. The molecule has 1 N–H and O–H groups in total. The van der Waals surface area contributed by atoms with Gasteiger partial charge in [0.2, 0.25) is 10.0 Å². The Labute approximate surface area is 111 Å². The summed E-state index contributed by atoms with van der Waals surface area (Å²) in [7, 11) is -4.35. The standard InChI is InChI=1S/C10H9F4NO4S/c1-4(10(16)17)15(2)20(18,19)9-7(13)5(11)3-6(12)8(9)14/h3-4H,1-2H3,(H,16,17). The Kier molecular flexibility index (Phi) is 4.39. The van der Waals surface area contributed by atoms with Gasteiger partial charge in [-0.05, 0) is 6.92 Å². The fourth-order valence-corrected chi connectivity index (χ4v) is 2.73. The van der Waals surface area contributed by atoms with E-state index >= 15 is 0 Å². The Hall–Kier alpha value is -1.68. The third-order valence-corrected chi connectivity index (χ3v) is 4.56. The molecule has 0 amide bonds. The molecule has 10 heteroatoms. The molecule has 1 rings (SSSR count). The molecule has 0 spiro atoms. The maximum atomic E-state index is 13.4. The molecule has 0 saturated carbocycles. The van der Waals surface area contributed by atoms with Crippen LogP contribution in [-0.2, 0) is 14.8 Å². The Bertz CT molecular complexity index is 635. The predicted molar refractivity (Wildman–Crippen MR) is 58.3 cm³/mol. The second-order valence-corrected chi connectivity index (χ2v) is 5.77. The first-order chi connectivity index (χ1) is 9.01. The van der Waals surface area contributed by atoms with E-state index in [1.165, 1.54) is 0 Å². The molecule has 0 radical (unpaired) electrons. The molecule has 112 valence electrons. The maximum absolute atomic E-state index is 13.4. The number of likely N-dealkylation sites (N-methyl/N-ethyl adjacent to an activating group) is 1. The number of nitrogens with zero attached hydrogens (tertiary/aromatic N) is 1. The number of rotatable bonds is 4. The van der Waals surface area contributed by atoms with Crippen molar-refractivity contribution in [2.45, 2.75) is 17.9 Å². The van der Waals surface area contributed by atoms with Gasteiger partial charge in [-0.2, -0.15) is 4.31 Å². The lowest BCUT2D eigenvalue weighted by atomic mass is 10.3. The SMILES string of the molecule is CC(C(=O)O)N(C)S(=O)(=O)c1c(F)c(F)cc(F)c1F. The number of hydrogen-bond donors (Lipinski definition) is 1. The van der Waals surface area contributed by atoms with Crippen molar-refractivity contribution in [3.63, 3.8) is 0 Å². The average Bonchev–Trinajstić information content (AvgIpc) is 2.34. The van der Waals surface area contributed by atoms with Crippen molar-refractivity contribution in [3.8, 4) is 0 Å². The Balaban J connectivity index is 3.55. The van der Waals surface area contributed by atoms with Crippen molar-refractivity contribution in [2.24, 2.45) is 0 Å². The van der Waals surface area contributed by atoms with Gasteiger partial charge < -0.3 is 5.11 Å². The van der Waals surface area contributed by atoms with Crippen LogP contribution >= 0.6 is 0 Å². The highest BCUT2D eigenvalue weighted by molar-refractivity contribution is 7.89. The van der Waals surface area contributed by atoms with E-state index in [2.05, 4.69) is 0 Å². The molecular weight excluding hydrogens is 306 g/mol. The molecule has 0 aliphatic heterocycles. The van der Waals surface area contributed by atoms with E-state index in [1.54, 1.807) is 0 Å². The Morgan fingerprint density at radius 3 is 1.95 bits per heavy atom. The Morgan fingerprint density at radius 1 is 1.20 bits per heavy atom. The van der Waals surface area contributed by atoms with Crippen LogP contribution in [0.15, 0.2) is 11.0 Å². The van der Waals surface area contributed by atoms with Crippen LogP contribution in [0.4, 0.5) is 17.6 Å². The van der Waals surface area contributed by atoms with Gasteiger partial charge >= 0.3 is 5.97 Å². The van der Waals surface area contributed by atoms with Gasteiger partial charge in [0.1, 0.15) is 6.04 Å². The van der Waals surface area contributed by atoms with Crippen LogP contribution in [0.1, 0.15) is 6.92 Å². The zero-order chi connectivity index (χ0) is 15.8. The highest BCUT2D eigenvalue weighted by atomic mass is 32.2. The summed E-state index contributed by atoms with van der Waals surface area (Å²) in [5, 5.41) is 8.67. The van der Waals surface area contributed by atoms with Crippen molar-refractivity contribution < 1.29 is 35.9 Å². The first kappa shape index (κ1) is 16.4. The second-order valence-electron chi connectivity index (χ2n) is 3.83. The third-order valence-electron chi connectivity index (χ3n) is 2.61. The maximum Gasteiger partial charge on any atom is 0.321 e. The summed E-state index contributed by atoms with van der Waals surface area (Å²) in [5.41, 5.74) is 0. The highest BCUT2D eigenvalue weighted by Gasteiger charge is 2.36. The van der Waals surface area contributed by atoms with E-state index in [-0.39, 0.29) is 10.4 Å². The van der Waals surface area contributed by atoms with Crippen LogP contribution in [-0.4, -0.2) is 36.9 Å². The molecular formula is C10H9F4NO4S. The predicted octanol–water partition coefficient (Wildman–Crippen LogP) is 1.34. The fraction of sp³-hybridized carbons (Fsp3) is 0.300. The monoisotopic (exact) mass is 315 g/mol. The number of benzene rings is 1. The summed E-state index contributed by atoms with van der Waals surface area (Å²) in [6.07, 6.45) is 0. The topological polar surface area (TPSA) is 74.7 Å². The van der Waals surface area contributed by atoms with Crippen molar-refractivity contribution in [1.82, 2.24) is 4.31 Å². The minimum atomic E-state index is -5.07. The summed E-state index contributed by atoms with van der Waals surface area (Å²) in [6.45, 7) is 0.922. The molecule has 20 heavy (non-hydrogen) atoms. The van der Waals surface area contributed by atoms with E-state index in [4.69, 9.17) is 5.11 Å². The zero-order valence-corrected chi connectivity index (χ0v) is 11.0. The van der Waals surface area contributed by atoms with E-state index in [1.807, 2.05) is 0 Å². The number of hydrogen-bond acceptors (Lipinski definition) is 3. The van der Waals surface area contributed by atoms with Gasteiger partial charge in [-0.25, -0.2) is 26.0 Å². The molecule has 1 aromatic carbocycles. The van der Waals surface area contributed by atoms with Crippen molar-refractivity contribution in [3.05, 3.63) is 29.3 Å². The summed E-state index contributed by atoms with van der Waals surface area (Å²) in [4.78, 5) is 8.81. The summed E-state index contributed by atoms with van der Waals surface area (Å²) < 4.78 is 76.7. The van der Waals surface area contributed by atoms with Gasteiger partial charge in [-0.3, -0.25) is 4.79 Å². The summed E-state index contributed by atoms with van der Waals surface area (Å²) >= 11 is 0.